The quantitative estimate of drug-likeness (QED) is 0.629. The van der Waals surface area contributed by atoms with E-state index in [2.05, 4.69) is 5.32 Å². The number of carbonyl (C=O) groups excluding carboxylic acids is 2. The standard InChI is InChI=1S/C21H25NO6/c1-4-25-17-11-7-6-10-16(17)22-21(24)15(3)28-20(23)14-27-19-13-9-8-12-18(19)26-5-2/h6-13,15H,4-5,14H2,1-3H3,(H,22,24)/t15-/m0/s1. The van der Waals surface area contributed by atoms with Gasteiger partial charge in [0.05, 0.1) is 18.9 Å². The molecule has 1 amide bonds. The van der Waals surface area contributed by atoms with E-state index in [-0.39, 0.29) is 6.61 Å². The van der Waals surface area contributed by atoms with Gasteiger partial charge in [0.15, 0.2) is 24.2 Å². The molecule has 0 heterocycles. The molecule has 0 bridgehead atoms. The minimum Gasteiger partial charge on any atom is -0.492 e. The van der Waals surface area contributed by atoms with E-state index in [0.29, 0.717) is 36.1 Å². The van der Waals surface area contributed by atoms with E-state index >= 15 is 0 Å². The highest BCUT2D eigenvalue weighted by Crippen LogP contribution is 2.26. The Morgan fingerprint density at radius 2 is 1.39 bits per heavy atom. The van der Waals surface area contributed by atoms with Gasteiger partial charge in [-0.2, -0.15) is 0 Å². The van der Waals surface area contributed by atoms with Gasteiger partial charge in [0, 0.05) is 0 Å². The molecule has 150 valence electrons. The summed E-state index contributed by atoms with van der Waals surface area (Å²) in [4.78, 5) is 24.3. The monoisotopic (exact) mass is 387 g/mol. The molecule has 0 saturated heterocycles. The average Bonchev–Trinajstić information content (AvgIpc) is 2.69. The van der Waals surface area contributed by atoms with Crippen molar-refractivity contribution in [3.63, 3.8) is 0 Å². The number of esters is 1. The minimum atomic E-state index is -0.993. The first kappa shape index (κ1) is 21.1. The van der Waals surface area contributed by atoms with Gasteiger partial charge in [-0.3, -0.25) is 4.79 Å². The molecule has 2 rings (SSSR count). The van der Waals surface area contributed by atoms with Crippen LogP contribution < -0.4 is 19.5 Å². The summed E-state index contributed by atoms with van der Waals surface area (Å²) < 4.78 is 21.5. The second kappa shape index (κ2) is 10.8. The first-order valence-electron chi connectivity index (χ1n) is 9.11. The molecule has 0 aromatic heterocycles. The van der Waals surface area contributed by atoms with Crippen LogP contribution in [0.2, 0.25) is 0 Å². The molecular formula is C21H25NO6. The zero-order valence-corrected chi connectivity index (χ0v) is 16.3. The Kier molecular flexibility index (Phi) is 8.14. The molecule has 1 N–H and O–H groups in total. The molecule has 2 aromatic rings. The normalized spacial score (nSPS) is 11.2. The molecule has 0 fully saturated rings. The van der Waals surface area contributed by atoms with Crippen molar-refractivity contribution in [1.29, 1.82) is 0 Å². The minimum absolute atomic E-state index is 0.336. The number of para-hydroxylation sites is 4. The number of rotatable bonds is 10. The molecule has 0 aliphatic rings. The van der Waals surface area contributed by atoms with Crippen LogP contribution in [0.1, 0.15) is 20.8 Å². The van der Waals surface area contributed by atoms with Gasteiger partial charge in [0.1, 0.15) is 5.75 Å². The number of hydrogen-bond acceptors (Lipinski definition) is 6. The third-order valence-corrected chi connectivity index (χ3v) is 3.62. The fourth-order valence-electron chi connectivity index (χ4n) is 2.35. The lowest BCUT2D eigenvalue weighted by atomic mass is 10.2. The number of carbonyl (C=O) groups is 2. The van der Waals surface area contributed by atoms with Gasteiger partial charge < -0.3 is 24.3 Å². The number of ether oxygens (including phenoxy) is 4. The van der Waals surface area contributed by atoms with Crippen LogP contribution in [0, 0.1) is 0 Å². The zero-order valence-electron chi connectivity index (χ0n) is 16.3. The Hall–Kier alpha value is -3.22. The topological polar surface area (TPSA) is 83.1 Å². The Bertz CT molecular complexity index is 792. The largest absolute Gasteiger partial charge is 0.492 e. The highest BCUT2D eigenvalue weighted by Gasteiger charge is 2.20. The third-order valence-electron chi connectivity index (χ3n) is 3.62. The molecule has 0 aliphatic heterocycles. The highest BCUT2D eigenvalue weighted by molar-refractivity contribution is 5.96. The maximum atomic E-state index is 12.3. The van der Waals surface area contributed by atoms with Crippen LogP contribution in [0.15, 0.2) is 48.5 Å². The van der Waals surface area contributed by atoms with Crippen molar-refractivity contribution < 1.29 is 28.5 Å². The van der Waals surface area contributed by atoms with E-state index in [1.165, 1.54) is 6.92 Å². The Balaban J connectivity index is 1.87. The SMILES string of the molecule is CCOc1ccccc1NC(=O)[C@H](C)OC(=O)COc1ccccc1OCC. The Morgan fingerprint density at radius 1 is 0.857 bits per heavy atom. The van der Waals surface area contributed by atoms with Gasteiger partial charge in [0.2, 0.25) is 0 Å². The van der Waals surface area contributed by atoms with E-state index in [0.717, 1.165) is 0 Å². The summed E-state index contributed by atoms with van der Waals surface area (Å²) in [6.07, 6.45) is -0.993. The van der Waals surface area contributed by atoms with E-state index in [1.54, 1.807) is 36.4 Å². The lowest BCUT2D eigenvalue weighted by Gasteiger charge is -2.16. The molecule has 28 heavy (non-hydrogen) atoms. The predicted octanol–water partition coefficient (Wildman–Crippen LogP) is 3.43. The Morgan fingerprint density at radius 3 is 2.04 bits per heavy atom. The molecule has 0 saturated carbocycles. The molecule has 0 radical (unpaired) electrons. The maximum absolute atomic E-state index is 12.3. The van der Waals surface area contributed by atoms with E-state index in [4.69, 9.17) is 18.9 Å². The summed E-state index contributed by atoms with van der Waals surface area (Å²) in [6.45, 7) is 5.81. The first-order valence-corrected chi connectivity index (χ1v) is 9.11. The molecule has 0 spiro atoms. The van der Waals surface area contributed by atoms with Gasteiger partial charge in [0.25, 0.3) is 5.91 Å². The van der Waals surface area contributed by atoms with Gasteiger partial charge in [-0.15, -0.1) is 0 Å². The third kappa shape index (κ3) is 6.19. The van der Waals surface area contributed by atoms with Crippen LogP contribution in [0.4, 0.5) is 5.69 Å². The smallest absolute Gasteiger partial charge is 0.344 e. The molecule has 7 heteroatoms. The van der Waals surface area contributed by atoms with Gasteiger partial charge in [-0.1, -0.05) is 24.3 Å². The van der Waals surface area contributed by atoms with Crippen LogP contribution >= 0.6 is 0 Å². The van der Waals surface area contributed by atoms with Crippen molar-refractivity contribution >= 4 is 17.6 Å². The lowest BCUT2D eigenvalue weighted by molar-refractivity contribution is -0.155. The van der Waals surface area contributed by atoms with E-state index < -0.39 is 18.0 Å². The first-order chi connectivity index (χ1) is 13.5. The molecular weight excluding hydrogens is 362 g/mol. The summed E-state index contributed by atoms with van der Waals surface area (Å²) in [5.74, 6) is 0.398. The van der Waals surface area contributed by atoms with E-state index in [9.17, 15) is 9.59 Å². The van der Waals surface area contributed by atoms with Crippen molar-refractivity contribution in [2.24, 2.45) is 0 Å². The lowest BCUT2D eigenvalue weighted by Crippen LogP contribution is -2.31. The molecule has 0 unspecified atom stereocenters. The second-order valence-electron chi connectivity index (χ2n) is 5.72. The zero-order chi connectivity index (χ0) is 20.4. The van der Waals surface area contributed by atoms with Crippen molar-refractivity contribution in [2.75, 3.05) is 25.1 Å². The molecule has 7 nitrogen and oxygen atoms in total. The van der Waals surface area contributed by atoms with Gasteiger partial charge >= 0.3 is 5.97 Å². The van der Waals surface area contributed by atoms with Crippen LogP contribution in [-0.4, -0.2) is 37.8 Å². The maximum Gasteiger partial charge on any atom is 0.344 e. The van der Waals surface area contributed by atoms with Gasteiger partial charge in [-0.25, -0.2) is 4.79 Å². The summed E-state index contributed by atoms with van der Waals surface area (Å²) >= 11 is 0. The number of nitrogens with one attached hydrogen (secondary N) is 1. The van der Waals surface area contributed by atoms with Crippen LogP contribution in [0.25, 0.3) is 0 Å². The summed E-state index contributed by atoms with van der Waals surface area (Å²) in [5.41, 5.74) is 0.513. The number of anilines is 1. The molecule has 2 aromatic carbocycles. The number of hydrogen-bond donors (Lipinski definition) is 1. The molecule has 0 aliphatic carbocycles. The average molecular weight is 387 g/mol. The van der Waals surface area contributed by atoms with Crippen LogP contribution in [-0.2, 0) is 14.3 Å². The predicted molar refractivity (Wildman–Crippen MR) is 105 cm³/mol. The summed E-state index contributed by atoms with van der Waals surface area (Å²) in [6, 6.07) is 14.1. The van der Waals surface area contributed by atoms with Crippen molar-refractivity contribution in [1.82, 2.24) is 0 Å². The fourth-order valence-corrected chi connectivity index (χ4v) is 2.35. The van der Waals surface area contributed by atoms with Crippen LogP contribution in [0.3, 0.4) is 0 Å². The fraction of sp³-hybridized carbons (Fsp3) is 0.333. The molecule has 1 atom stereocenters. The summed E-state index contributed by atoms with van der Waals surface area (Å²) in [5, 5.41) is 2.70. The highest BCUT2D eigenvalue weighted by atomic mass is 16.6. The van der Waals surface area contributed by atoms with E-state index in [1.807, 2.05) is 26.0 Å². The van der Waals surface area contributed by atoms with Gasteiger partial charge in [-0.05, 0) is 45.0 Å². The second-order valence-corrected chi connectivity index (χ2v) is 5.72. The summed E-state index contributed by atoms with van der Waals surface area (Å²) in [7, 11) is 0. The van der Waals surface area contributed by atoms with Crippen LogP contribution in [0.5, 0.6) is 17.2 Å². The van der Waals surface area contributed by atoms with Crippen molar-refractivity contribution in [3.8, 4) is 17.2 Å². The number of amides is 1. The number of benzene rings is 2. The van der Waals surface area contributed by atoms with Crippen molar-refractivity contribution in [3.05, 3.63) is 48.5 Å². The Labute approximate surface area is 164 Å². The van der Waals surface area contributed by atoms with Crippen molar-refractivity contribution in [2.45, 2.75) is 26.9 Å².